The largest absolute Gasteiger partial charge is 0.318 e. The molecule has 3 rings (SSSR count). The molecule has 0 saturated heterocycles. The molecule has 2 aromatic carbocycles. The third-order valence-corrected chi connectivity index (χ3v) is 3.52. The van der Waals surface area contributed by atoms with Gasteiger partial charge >= 0.3 is 0 Å². The molecule has 2 N–H and O–H groups in total. The molecule has 20 heavy (non-hydrogen) atoms. The predicted octanol–water partition coefficient (Wildman–Crippen LogP) is 4.12. The van der Waals surface area contributed by atoms with E-state index >= 15 is 0 Å². The number of halogens is 2. The van der Waals surface area contributed by atoms with Crippen LogP contribution in [0.25, 0.3) is 10.9 Å². The van der Waals surface area contributed by atoms with Crippen molar-refractivity contribution in [2.75, 3.05) is 5.32 Å². The maximum Gasteiger partial charge on any atom is 0.276 e. The van der Waals surface area contributed by atoms with Crippen LogP contribution in [-0.2, 0) is 0 Å². The number of amides is 1. The second-order valence-corrected chi connectivity index (χ2v) is 4.98. The van der Waals surface area contributed by atoms with Gasteiger partial charge in [0.05, 0.1) is 21.2 Å². The maximum atomic E-state index is 12.3. The molecule has 0 radical (unpaired) electrons. The molecule has 1 heterocycles. The number of H-pyrrole nitrogens is 1. The van der Waals surface area contributed by atoms with Crippen LogP contribution < -0.4 is 5.32 Å². The maximum absolute atomic E-state index is 12.3. The number of hydrogen-bond donors (Lipinski definition) is 2. The summed E-state index contributed by atoms with van der Waals surface area (Å²) in [6, 6.07) is 12.4. The number of carbonyl (C=O) groups is 1. The first-order chi connectivity index (χ1) is 9.66. The zero-order valence-electron chi connectivity index (χ0n) is 10.2. The van der Waals surface area contributed by atoms with Crippen molar-refractivity contribution in [2.45, 2.75) is 0 Å². The van der Waals surface area contributed by atoms with Gasteiger partial charge in [0.15, 0.2) is 5.69 Å². The van der Waals surface area contributed by atoms with Crippen LogP contribution >= 0.6 is 23.2 Å². The summed E-state index contributed by atoms with van der Waals surface area (Å²) < 4.78 is 0. The number of hydrogen-bond acceptors (Lipinski definition) is 2. The first-order valence-electron chi connectivity index (χ1n) is 5.85. The van der Waals surface area contributed by atoms with Gasteiger partial charge in [0, 0.05) is 5.39 Å². The Hall–Kier alpha value is -2.04. The van der Waals surface area contributed by atoms with Crippen molar-refractivity contribution in [2.24, 2.45) is 0 Å². The van der Waals surface area contributed by atoms with Gasteiger partial charge in [0.25, 0.3) is 5.91 Å². The number of benzene rings is 2. The first kappa shape index (κ1) is 13.0. The molecule has 0 aliphatic heterocycles. The van der Waals surface area contributed by atoms with Crippen molar-refractivity contribution in [3.05, 3.63) is 58.2 Å². The van der Waals surface area contributed by atoms with E-state index < -0.39 is 0 Å². The zero-order chi connectivity index (χ0) is 14.1. The Bertz CT molecular complexity index is 778. The molecule has 0 bridgehead atoms. The van der Waals surface area contributed by atoms with Crippen LogP contribution in [0, 0.1) is 0 Å². The highest BCUT2D eigenvalue weighted by molar-refractivity contribution is 6.40. The van der Waals surface area contributed by atoms with Gasteiger partial charge in [-0.05, 0) is 18.2 Å². The van der Waals surface area contributed by atoms with Crippen molar-refractivity contribution in [3.8, 4) is 0 Å². The van der Waals surface area contributed by atoms with Crippen LogP contribution in [0.15, 0.2) is 42.5 Å². The Kier molecular flexibility index (Phi) is 3.34. The lowest BCUT2D eigenvalue weighted by Crippen LogP contribution is -2.13. The number of rotatable bonds is 2. The summed E-state index contributed by atoms with van der Waals surface area (Å²) >= 11 is 12.1. The highest BCUT2D eigenvalue weighted by Gasteiger charge is 2.16. The van der Waals surface area contributed by atoms with Crippen molar-refractivity contribution in [1.82, 2.24) is 10.2 Å². The summed E-state index contributed by atoms with van der Waals surface area (Å²) in [5.41, 5.74) is 1.48. The third-order valence-electron chi connectivity index (χ3n) is 2.89. The molecular formula is C14H9Cl2N3O. The van der Waals surface area contributed by atoms with Crippen LogP contribution in [0.1, 0.15) is 10.5 Å². The van der Waals surface area contributed by atoms with Crippen molar-refractivity contribution < 1.29 is 4.79 Å². The van der Waals surface area contributed by atoms with Crippen LogP contribution in [-0.4, -0.2) is 16.1 Å². The van der Waals surface area contributed by atoms with Crippen LogP contribution in [0.5, 0.6) is 0 Å². The minimum atomic E-state index is -0.363. The second kappa shape index (κ2) is 5.15. The van der Waals surface area contributed by atoms with E-state index in [1.165, 1.54) is 0 Å². The topological polar surface area (TPSA) is 57.8 Å². The van der Waals surface area contributed by atoms with E-state index in [4.69, 9.17) is 23.2 Å². The van der Waals surface area contributed by atoms with E-state index in [9.17, 15) is 4.79 Å². The third kappa shape index (κ3) is 2.24. The van der Waals surface area contributed by atoms with E-state index in [1.807, 2.05) is 24.3 Å². The molecule has 0 aliphatic carbocycles. The van der Waals surface area contributed by atoms with Crippen molar-refractivity contribution in [1.29, 1.82) is 0 Å². The number of para-hydroxylation sites is 2. The predicted molar refractivity (Wildman–Crippen MR) is 80.5 cm³/mol. The van der Waals surface area contributed by atoms with Crippen molar-refractivity contribution >= 4 is 45.7 Å². The van der Waals surface area contributed by atoms with Gasteiger partial charge < -0.3 is 5.32 Å². The molecule has 0 saturated carbocycles. The number of anilines is 1. The minimum absolute atomic E-state index is 0.302. The average Bonchev–Trinajstić information content (AvgIpc) is 2.87. The second-order valence-electron chi connectivity index (χ2n) is 4.17. The molecule has 1 amide bonds. The number of carbonyl (C=O) groups excluding carboxylic acids is 1. The van der Waals surface area contributed by atoms with E-state index in [-0.39, 0.29) is 5.91 Å². The molecule has 0 aliphatic rings. The van der Waals surface area contributed by atoms with Gasteiger partial charge in [-0.1, -0.05) is 47.5 Å². The Morgan fingerprint density at radius 2 is 1.75 bits per heavy atom. The summed E-state index contributed by atoms with van der Waals surface area (Å²) in [4.78, 5) is 12.3. The number of fused-ring (bicyclic) bond motifs is 1. The van der Waals surface area contributed by atoms with Gasteiger partial charge in [-0.3, -0.25) is 9.89 Å². The van der Waals surface area contributed by atoms with Gasteiger partial charge in [0.1, 0.15) is 0 Å². The normalized spacial score (nSPS) is 10.7. The number of aromatic nitrogens is 2. The number of nitrogens with zero attached hydrogens (tertiary/aromatic N) is 1. The quantitative estimate of drug-likeness (QED) is 0.748. The van der Waals surface area contributed by atoms with Gasteiger partial charge in [-0.2, -0.15) is 5.10 Å². The minimum Gasteiger partial charge on any atom is -0.318 e. The molecule has 3 aromatic rings. The molecule has 6 heteroatoms. The van der Waals surface area contributed by atoms with Gasteiger partial charge in [0.2, 0.25) is 0 Å². The Morgan fingerprint density at radius 3 is 2.50 bits per heavy atom. The van der Waals surface area contributed by atoms with Gasteiger partial charge in [-0.25, -0.2) is 0 Å². The Morgan fingerprint density at radius 1 is 1.05 bits per heavy atom. The monoisotopic (exact) mass is 305 g/mol. The standard InChI is InChI=1S/C14H9Cl2N3O/c15-9-5-3-6-10(16)13(9)17-14(20)12-8-4-1-2-7-11(8)18-19-12/h1-7H,(H,17,20)(H,18,19). The van der Waals surface area contributed by atoms with E-state index in [0.717, 1.165) is 10.9 Å². The molecule has 0 unspecified atom stereocenters. The fourth-order valence-corrected chi connectivity index (χ4v) is 2.42. The summed E-state index contributed by atoms with van der Waals surface area (Å²) in [5.74, 6) is -0.363. The molecule has 4 nitrogen and oxygen atoms in total. The van der Waals surface area contributed by atoms with Crippen LogP contribution in [0.3, 0.4) is 0 Å². The molecule has 0 atom stereocenters. The molecule has 100 valence electrons. The Labute approximate surface area is 124 Å². The lowest BCUT2D eigenvalue weighted by molar-refractivity contribution is 0.102. The lowest BCUT2D eigenvalue weighted by Gasteiger charge is -2.07. The molecule has 0 fully saturated rings. The number of aromatic amines is 1. The molecular weight excluding hydrogens is 297 g/mol. The SMILES string of the molecule is O=C(Nc1c(Cl)cccc1Cl)c1n[nH]c2ccccc12. The lowest BCUT2D eigenvalue weighted by atomic mass is 10.2. The van der Waals surface area contributed by atoms with Gasteiger partial charge in [-0.15, -0.1) is 0 Å². The fourth-order valence-electron chi connectivity index (χ4n) is 1.93. The van der Waals surface area contributed by atoms with E-state index in [2.05, 4.69) is 15.5 Å². The highest BCUT2D eigenvalue weighted by atomic mass is 35.5. The van der Waals surface area contributed by atoms with E-state index in [1.54, 1.807) is 18.2 Å². The fraction of sp³-hybridized carbons (Fsp3) is 0. The summed E-state index contributed by atoms with van der Waals surface area (Å²) in [6.07, 6.45) is 0. The van der Waals surface area contributed by atoms with Crippen LogP contribution in [0.2, 0.25) is 10.0 Å². The van der Waals surface area contributed by atoms with Crippen molar-refractivity contribution in [3.63, 3.8) is 0 Å². The zero-order valence-corrected chi connectivity index (χ0v) is 11.7. The first-order valence-corrected chi connectivity index (χ1v) is 6.61. The highest BCUT2D eigenvalue weighted by Crippen LogP contribution is 2.30. The summed E-state index contributed by atoms with van der Waals surface area (Å²) in [7, 11) is 0. The van der Waals surface area contributed by atoms with Crippen LogP contribution in [0.4, 0.5) is 5.69 Å². The smallest absolute Gasteiger partial charge is 0.276 e. The van der Waals surface area contributed by atoms with E-state index in [0.29, 0.717) is 21.4 Å². The summed E-state index contributed by atoms with van der Waals surface area (Å²) in [5, 5.41) is 11.0. The number of nitrogens with one attached hydrogen (secondary N) is 2. The average molecular weight is 306 g/mol. The Balaban J connectivity index is 1.98. The molecule has 1 aromatic heterocycles. The summed E-state index contributed by atoms with van der Waals surface area (Å²) in [6.45, 7) is 0. The molecule has 0 spiro atoms.